The van der Waals surface area contributed by atoms with E-state index in [4.69, 9.17) is 4.43 Å². The van der Waals surface area contributed by atoms with Crippen molar-refractivity contribution in [2.75, 3.05) is 0 Å². The third-order valence-electron chi connectivity index (χ3n) is 1.19. The molecule has 1 nitrogen and oxygen atoms in total. The van der Waals surface area contributed by atoms with Gasteiger partial charge in [-0.15, -0.1) is 0 Å². The van der Waals surface area contributed by atoms with Gasteiger partial charge in [0.1, 0.15) is 0 Å². The molecular weight excluding hydrogens is 267 g/mol. The SMILES string of the molecule is C[SiH](C)OC(I)CC(C)(C)C. The topological polar surface area (TPSA) is 9.23 Å². The van der Waals surface area contributed by atoms with E-state index in [1.165, 1.54) is 0 Å². The molecule has 0 bridgehead atoms. The van der Waals surface area contributed by atoms with Gasteiger partial charge in [-0.25, -0.2) is 0 Å². The molecule has 0 aromatic carbocycles. The van der Waals surface area contributed by atoms with E-state index in [-0.39, 0.29) is 0 Å². The van der Waals surface area contributed by atoms with Gasteiger partial charge in [-0.2, -0.15) is 0 Å². The first-order valence-electron chi connectivity index (χ1n) is 4.11. The first-order chi connectivity index (χ1) is 4.81. The molecule has 0 aromatic rings. The Morgan fingerprint density at radius 2 is 1.82 bits per heavy atom. The van der Waals surface area contributed by atoms with Crippen molar-refractivity contribution in [1.29, 1.82) is 0 Å². The van der Waals surface area contributed by atoms with Gasteiger partial charge in [-0.05, 0) is 24.9 Å². The molecule has 0 aromatic heterocycles. The summed E-state index contributed by atoms with van der Waals surface area (Å²) in [5, 5.41) is 0. The highest BCUT2D eigenvalue weighted by Gasteiger charge is 2.17. The smallest absolute Gasteiger partial charge is 0.172 e. The monoisotopic (exact) mass is 286 g/mol. The van der Waals surface area contributed by atoms with Crippen molar-refractivity contribution < 1.29 is 4.43 Å². The second kappa shape index (κ2) is 4.82. The maximum Gasteiger partial charge on any atom is 0.172 e. The lowest BCUT2D eigenvalue weighted by Crippen LogP contribution is -2.20. The normalized spacial score (nSPS) is 15.5. The molecule has 0 rings (SSSR count). The average Bonchev–Trinajstić information content (AvgIpc) is 1.53. The van der Waals surface area contributed by atoms with Crippen LogP contribution in [0.5, 0.6) is 0 Å². The third-order valence-corrected chi connectivity index (χ3v) is 3.35. The zero-order valence-electron chi connectivity index (χ0n) is 8.15. The largest absolute Gasteiger partial charge is 0.409 e. The molecule has 1 atom stereocenters. The first-order valence-corrected chi connectivity index (χ1v) is 8.13. The van der Waals surface area contributed by atoms with Crippen molar-refractivity contribution in [1.82, 2.24) is 0 Å². The van der Waals surface area contributed by atoms with E-state index in [1.54, 1.807) is 0 Å². The summed E-state index contributed by atoms with van der Waals surface area (Å²) in [6.45, 7) is 11.2. The van der Waals surface area contributed by atoms with Gasteiger partial charge in [0.05, 0.1) is 4.11 Å². The third kappa shape index (κ3) is 8.82. The Bertz CT molecular complexity index is 109. The molecule has 0 aliphatic heterocycles. The molecule has 0 fully saturated rings. The van der Waals surface area contributed by atoms with Crippen molar-refractivity contribution in [3.8, 4) is 0 Å². The Balaban J connectivity index is 3.61. The maximum absolute atomic E-state index is 5.75. The van der Waals surface area contributed by atoms with Crippen LogP contribution in [0.2, 0.25) is 13.1 Å². The lowest BCUT2D eigenvalue weighted by molar-refractivity contribution is 0.231. The zero-order chi connectivity index (χ0) is 9.07. The summed E-state index contributed by atoms with van der Waals surface area (Å²) in [5.74, 6) is 0. The van der Waals surface area contributed by atoms with Gasteiger partial charge >= 0.3 is 0 Å². The second-order valence-electron chi connectivity index (χ2n) is 4.36. The van der Waals surface area contributed by atoms with Crippen LogP contribution in [0.4, 0.5) is 0 Å². The Kier molecular flexibility index (Phi) is 5.21. The van der Waals surface area contributed by atoms with E-state index in [9.17, 15) is 0 Å². The summed E-state index contributed by atoms with van der Waals surface area (Å²) in [5.41, 5.74) is 0.398. The van der Waals surface area contributed by atoms with Crippen LogP contribution in [0.1, 0.15) is 27.2 Å². The van der Waals surface area contributed by atoms with Crippen LogP contribution < -0.4 is 0 Å². The van der Waals surface area contributed by atoms with Crippen molar-refractivity contribution in [3.63, 3.8) is 0 Å². The quantitative estimate of drug-likeness (QED) is 0.440. The fraction of sp³-hybridized carbons (Fsp3) is 1.00. The van der Waals surface area contributed by atoms with Gasteiger partial charge in [0.25, 0.3) is 0 Å². The minimum absolute atomic E-state index is 0.398. The summed E-state index contributed by atoms with van der Waals surface area (Å²) >= 11 is 2.39. The Morgan fingerprint density at radius 3 is 2.09 bits per heavy atom. The summed E-state index contributed by atoms with van der Waals surface area (Å²) < 4.78 is 6.17. The molecule has 0 N–H and O–H groups in total. The highest BCUT2D eigenvalue weighted by atomic mass is 127. The van der Waals surface area contributed by atoms with Gasteiger partial charge in [-0.1, -0.05) is 43.4 Å². The van der Waals surface area contributed by atoms with Gasteiger partial charge in [-0.3, -0.25) is 0 Å². The fourth-order valence-electron chi connectivity index (χ4n) is 0.825. The van der Waals surface area contributed by atoms with Crippen LogP contribution in [-0.2, 0) is 4.43 Å². The molecule has 0 aliphatic carbocycles. The maximum atomic E-state index is 5.75. The van der Waals surface area contributed by atoms with Gasteiger partial charge in [0.15, 0.2) is 9.04 Å². The van der Waals surface area contributed by atoms with Crippen LogP contribution in [-0.4, -0.2) is 13.2 Å². The minimum atomic E-state index is -0.825. The molecule has 11 heavy (non-hydrogen) atoms. The minimum Gasteiger partial charge on any atom is -0.409 e. The van der Waals surface area contributed by atoms with E-state index in [0.717, 1.165) is 6.42 Å². The van der Waals surface area contributed by atoms with Crippen LogP contribution in [0.3, 0.4) is 0 Å². The Labute approximate surface area is 85.8 Å². The summed E-state index contributed by atoms with van der Waals surface area (Å²) in [6.07, 6.45) is 1.15. The molecule has 0 spiro atoms. The van der Waals surface area contributed by atoms with E-state index < -0.39 is 9.04 Å². The standard InChI is InChI=1S/C8H19IOSi/c1-8(2,3)6-7(9)10-11(4)5/h7,11H,6H2,1-5H3. The summed E-state index contributed by atoms with van der Waals surface area (Å²) in [7, 11) is -0.825. The Morgan fingerprint density at radius 1 is 1.36 bits per heavy atom. The molecule has 3 heteroatoms. The molecular formula is C8H19IOSi. The molecule has 0 radical (unpaired) electrons. The van der Waals surface area contributed by atoms with Crippen molar-refractivity contribution in [2.24, 2.45) is 5.41 Å². The average molecular weight is 286 g/mol. The van der Waals surface area contributed by atoms with Gasteiger partial charge < -0.3 is 4.43 Å². The predicted molar refractivity (Wildman–Crippen MR) is 61.8 cm³/mol. The summed E-state index contributed by atoms with van der Waals surface area (Å²) in [4.78, 5) is 0. The van der Waals surface area contributed by atoms with E-state index >= 15 is 0 Å². The van der Waals surface area contributed by atoms with Gasteiger partial charge in [0, 0.05) is 0 Å². The van der Waals surface area contributed by atoms with Crippen molar-refractivity contribution in [3.05, 3.63) is 0 Å². The first kappa shape index (κ1) is 11.9. The van der Waals surface area contributed by atoms with E-state index in [2.05, 4.69) is 56.5 Å². The highest BCUT2D eigenvalue weighted by molar-refractivity contribution is 14.1. The molecule has 0 aliphatic rings. The predicted octanol–water partition coefficient (Wildman–Crippen LogP) is 3.18. The van der Waals surface area contributed by atoms with Gasteiger partial charge in [0.2, 0.25) is 0 Å². The number of hydrogen-bond acceptors (Lipinski definition) is 1. The highest BCUT2D eigenvalue weighted by Crippen LogP contribution is 2.25. The van der Waals surface area contributed by atoms with Crippen LogP contribution >= 0.6 is 22.6 Å². The van der Waals surface area contributed by atoms with Crippen LogP contribution in [0, 0.1) is 5.41 Å². The molecule has 0 heterocycles. The lowest BCUT2D eigenvalue weighted by atomic mass is 9.93. The molecule has 68 valence electrons. The number of rotatable bonds is 3. The zero-order valence-corrected chi connectivity index (χ0v) is 11.5. The molecule has 0 saturated heterocycles. The molecule has 0 amide bonds. The Hall–Kier alpha value is 0.907. The fourth-order valence-corrected chi connectivity index (χ4v) is 4.59. The van der Waals surface area contributed by atoms with E-state index in [0.29, 0.717) is 9.53 Å². The second-order valence-corrected chi connectivity index (χ2v) is 8.12. The molecule has 0 saturated carbocycles. The van der Waals surface area contributed by atoms with Crippen molar-refractivity contribution in [2.45, 2.75) is 44.4 Å². The molecule has 1 unspecified atom stereocenters. The number of alkyl halides is 1. The van der Waals surface area contributed by atoms with Crippen molar-refractivity contribution >= 4 is 31.6 Å². The lowest BCUT2D eigenvalue weighted by Gasteiger charge is -2.23. The van der Waals surface area contributed by atoms with Crippen LogP contribution in [0.15, 0.2) is 0 Å². The van der Waals surface area contributed by atoms with Crippen LogP contribution in [0.25, 0.3) is 0 Å². The number of halogens is 1. The summed E-state index contributed by atoms with van der Waals surface area (Å²) in [6, 6.07) is 0. The van der Waals surface area contributed by atoms with E-state index in [1.807, 2.05) is 0 Å². The number of hydrogen-bond donors (Lipinski definition) is 0.